The molecule has 282 valence electrons. The Hall–Kier alpha value is -6.19. The second kappa shape index (κ2) is 16.1. The number of allylic oxidation sites excluding steroid dienone is 12. The normalized spacial score (nSPS) is 17.1. The third-order valence-corrected chi connectivity index (χ3v) is 11.1. The van der Waals surface area contributed by atoms with E-state index < -0.39 is 0 Å². The summed E-state index contributed by atoms with van der Waals surface area (Å²) in [6, 6.07) is 17.7. The number of nitrogens with two attached hydrogens (primary N) is 2. The second-order valence-corrected chi connectivity index (χ2v) is 14.4. The number of halogens is 1. The SMILES string of the molecule is CC[n+]1ccc(C2=C3C=CC(=N3)C(c3cc[n+](CC)cc3)=C3C=CC(=C(c4cc[n+](CC)cc4)C4=NC(=C(c5cc[n+](CC)cc5)C5=CC=C2[NH2+]5)C=C4)[NH2+]3)cc1.[Cl-]. The Kier molecular flexibility index (Phi) is 10.7. The van der Waals surface area contributed by atoms with Crippen molar-refractivity contribution in [2.45, 2.75) is 53.9 Å². The molecule has 9 heteroatoms. The second-order valence-electron chi connectivity index (χ2n) is 14.4. The molecule has 4 N–H and O–H groups in total. The van der Waals surface area contributed by atoms with Crippen molar-refractivity contribution < 1.29 is 41.3 Å². The van der Waals surface area contributed by atoms with Crippen LogP contribution in [0.3, 0.4) is 0 Å². The maximum absolute atomic E-state index is 5.49. The Bertz CT molecular complexity index is 2430. The van der Waals surface area contributed by atoms with Crippen LogP contribution in [0.1, 0.15) is 49.9 Å². The van der Waals surface area contributed by atoms with Gasteiger partial charge in [0.15, 0.2) is 49.6 Å². The van der Waals surface area contributed by atoms with E-state index in [1.165, 1.54) is 0 Å². The summed E-state index contributed by atoms with van der Waals surface area (Å²) in [6.07, 6.45) is 35.0. The predicted octanol–water partition coefficient (Wildman–Crippen LogP) is 1.38. The van der Waals surface area contributed by atoms with E-state index in [1.807, 2.05) is 0 Å². The number of quaternary nitrogens is 2. The van der Waals surface area contributed by atoms with E-state index in [1.54, 1.807) is 0 Å². The number of pyridine rings is 4. The van der Waals surface area contributed by atoms with E-state index >= 15 is 0 Å². The summed E-state index contributed by atoms with van der Waals surface area (Å²) in [5.74, 6) is 0. The smallest absolute Gasteiger partial charge is 0.169 e. The largest absolute Gasteiger partial charge is 1.00 e. The monoisotopic (exact) mass is 771 g/mol. The summed E-state index contributed by atoms with van der Waals surface area (Å²) in [5.41, 5.74) is 17.2. The number of aromatic nitrogens is 4. The van der Waals surface area contributed by atoms with Crippen molar-refractivity contribution in [1.29, 1.82) is 0 Å². The lowest BCUT2D eigenvalue weighted by molar-refractivity contribution is -0.693. The molecule has 0 aliphatic carbocycles. The summed E-state index contributed by atoms with van der Waals surface area (Å²) >= 11 is 0. The zero-order chi connectivity index (χ0) is 38.2. The summed E-state index contributed by atoms with van der Waals surface area (Å²) < 4.78 is 8.78. The highest BCUT2D eigenvalue weighted by atomic mass is 35.5. The van der Waals surface area contributed by atoms with Crippen LogP contribution in [-0.2, 0) is 26.2 Å². The Labute approximate surface area is 340 Å². The maximum atomic E-state index is 5.49. The van der Waals surface area contributed by atoms with Gasteiger partial charge < -0.3 is 12.4 Å². The average molecular weight is 772 g/mol. The topological polar surface area (TPSA) is 73.5 Å². The standard InChI is InChI=1S/C48H45N8.ClH/c1-5-53-25-17-33(18-26-53)45-37-9-11-39(49-37)46(34-19-27-54(6-2)28-20-34)41-13-15-43(51-41)48(36-23-31-56(8-4)32-24-36)44-16-14-42(52-44)47(40-12-10-38(45)50-40)35-21-29-55(7-3)30-22-35;/h9-32H,5-8H2,1-4H3,(H,49,50,51,52);1H/q+3;/p+2. The molecule has 8 nitrogen and oxygen atoms in total. The van der Waals surface area contributed by atoms with Crippen LogP contribution in [-0.4, -0.2) is 11.4 Å². The van der Waals surface area contributed by atoms with Crippen molar-refractivity contribution in [2.24, 2.45) is 9.98 Å². The molecule has 0 aromatic carbocycles. The van der Waals surface area contributed by atoms with Crippen molar-refractivity contribution >= 4 is 33.7 Å². The van der Waals surface area contributed by atoms with Gasteiger partial charge in [0.05, 0.1) is 45.1 Å². The first kappa shape index (κ1) is 37.7. The molecule has 9 rings (SSSR count). The first-order valence-electron chi connectivity index (χ1n) is 19.8. The lowest BCUT2D eigenvalue weighted by atomic mass is 9.99. The molecule has 57 heavy (non-hydrogen) atoms. The van der Waals surface area contributed by atoms with Crippen LogP contribution < -0.4 is 41.3 Å². The van der Waals surface area contributed by atoms with Gasteiger partial charge in [0.1, 0.15) is 49.0 Å². The van der Waals surface area contributed by atoms with Gasteiger partial charge in [-0.3, -0.25) is 10.6 Å². The molecule has 0 unspecified atom stereocenters. The first-order chi connectivity index (χ1) is 27.5. The number of hydrogen-bond donors (Lipinski definition) is 2. The van der Waals surface area contributed by atoms with Crippen LogP contribution in [0.25, 0.3) is 22.3 Å². The van der Waals surface area contributed by atoms with E-state index in [9.17, 15) is 0 Å². The Morgan fingerprint density at radius 2 is 0.719 bits per heavy atom. The molecule has 0 saturated carbocycles. The molecule has 4 aromatic heterocycles. The molecule has 0 spiro atoms. The van der Waals surface area contributed by atoms with Crippen molar-refractivity contribution in [3.8, 4) is 0 Å². The quantitative estimate of drug-likeness (QED) is 0.255. The van der Waals surface area contributed by atoms with Gasteiger partial charge in [-0.05, 0) is 52.0 Å². The Morgan fingerprint density at radius 3 is 1.04 bits per heavy atom. The zero-order valence-corrected chi connectivity index (χ0v) is 33.7. The fraction of sp³-hybridized carbons (Fsp3) is 0.167. The highest BCUT2D eigenvalue weighted by molar-refractivity contribution is 6.33. The van der Waals surface area contributed by atoms with Crippen molar-refractivity contribution in [1.82, 2.24) is 0 Å². The van der Waals surface area contributed by atoms with Gasteiger partial charge in [0.25, 0.3) is 0 Å². The Morgan fingerprint density at radius 1 is 0.404 bits per heavy atom. The molecule has 9 heterocycles. The minimum atomic E-state index is 0. The van der Waals surface area contributed by atoms with Crippen molar-refractivity contribution in [3.05, 3.63) is 203 Å². The molecule has 8 bridgehead atoms. The molecule has 5 aliphatic heterocycles. The Balaban J connectivity index is 0.00000455. The van der Waals surface area contributed by atoms with Crippen LogP contribution in [0.2, 0.25) is 0 Å². The number of aryl methyl sites for hydroxylation is 4. The fourth-order valence-electron chi connectivity index (χ4n) is 7.98. The number of aliphatic imine (C=N–C) groups is 2. The van der Waals surface area contributed by atoms with Gasteiger partial charge in [-0.15, -0.1) is 0 Å². The van der Waals surface area contributed by atoms with Crippen LogP contribution >= 0.6 is 0 Å². The molecule has 4 aromatic rings. The lowest BCUT2D eigenvalue weighted by Gasteiger charge is -2.14. The molecular weight excluding hydrogens is 724 g/mol. The fourth-order valence-corrected chi connectivity index (χ4v) is 7.98. The van der Waals surface area contributed by atoms with Gasteiger partial charge in [-0.25, -0.2) is 28.3 Å². The van der Waals surface area contributed by atoms with Gasteiger partial charge in [0.2, 0.25) is 0 Å². The molecule has 0 atom stereocenters. The van der Waals surface area contributed by atoms with E-state index in [-0.39, 0.29) is 12.4 Å². The highest BCUT2D eigenvalue weighted by Crippen LogP contribution is 2.36. The maximum Gasteiger partial charge on any atom is 0.169 e. The minimum Gasteiger partial charge on any atom is -1.00 e. The molecular formula is C48H48ClN8+5. The van der Waals surface area contributed by atoms with E-state index in [2.05, 4.69) is 203 Å². The molecule has 0 fully saturated rings. The summed E-state index contributed by atoms with van der Waals surface area (Å²) in [4.78, 5) is 11.0. The van der Waals surface area contributed by atoms with E-state index in [4.69, 9.17) is 9.98 Å². The summed E-state index contributed by atoms with van der Waals surface area (Å²) in [5, 5.41) is 4.64. The van der Waals surface area contributed by atoms with Crippen LogP contribution in [0.5, 0.6) is 0 Å². The zero-order valence-electron chi connectivity index (χ0n) is 32.9. The third kappa shape index (κ3) is 7.19. The molecule has 0 radical (unpaired) electrons. The van der Waals surface area contributed by atoms with Crippen LogP contribution in [0.4, 0.5) is 0 Å². The lowest BCUT2D eigenvalue weighted by Crippen LogP contribution is -3.00. The number of rotatable bonds is 8. The van der Waals surface area contributed by atoms with Crippen molar-refractivity contribution in [3.63, 3.8) is 0 Å². The number of nitrogens with zero attached hydrogens (tertiary/aromatic N) is 6. The minimum absolute atomic E-state index is 0. The average Bonchev–Trinajstić information content (AvgIpc) is 4.10. The molecule has 0 amide bonds. The molecule has 0 saturated heterocycles. The number of hydrogen-bond acceptors (Lipinski definition) is 2. The highest BCUT2D eigenvalue weighted by Gasteiger charge is 2.32. The van der Waals surface area contributed by atoms with Crippen LogP contribution in [0.15, 0.2) is 191 Å². The van der Waals surface area contributed by atoms with Crippen LogP contribution in [0, 0.1) is 0 Å². The van der Waals surface area contributed by atoms with Crippen molar-refractivity contribution in [2.75, 3.05) is 0 Å². The third-order valence-electron chi connectivity index (χ3n) is 11.1. The van der Waals surface area contributed by atoms with E-state index in [0.717, 1.165) is 116 Å². The number of fused-ring (bicyclic) bond motifs is 6. The van der Waals surface area contributed by atoms with Gasteiger partial charge in [0, 0.05) is 95.1 Å². The summed E-state index contributed by atoms with van der Waals surface area (Å²) in [7, 11) is 0. The first-order valence-corrected chi connectivity index (χ1v) is 19.8. The predicted molar refractivity (Wildman–Crippen MR) is 219 cm³/mol. The van der Waals surface area contributed by atoms with Gasteiger partial charge in [-0.2, -0.15) is 0 Å². The van der Waals surface area contributed by atoms with E-state index in [0.29, 0.717) is 0 Å². The van der Waals surface area contributed by atoms with Gasteiger partial charge >= 0.3 is 0 Å². The molecule has 5 aliphatic rings. The summed E-state index contributed by atoms with van der Waals surface area (Å²) in [6.45, 7) is 12.3. The van der Waals surface area contributed by atoms with Gasteiger partial charge in [-0.1, -0.05) is 0 Å².